The van der Waals surface area contributed by atoms with Gasteiger partial charge in [-0.2, -0.15) is 0 Å². The van der Waals surface area contributed by atoms with E-state index in [1.165, 1.54) is 26.1 Å². The smallest absolute Gasteiger partial charge is 0.452 e. The van der Waals surface area contributed by atoms with Crippen molar-refractivity contribution >= 4 is 28.2 Å². The number of ether oxygens (including phenoxy) is 3. The Morgan fingerprint density at radius 3 is 2.62 bits per heavy atom. The maximum Gasteiger partial charge on any atom is 0.511 e. The van der Waals surface area contributed by atoms with Crippen LogP contribution >= 0.6 is 0 Å². The van der Waals surface area contributed by atoms with Gasteiger partial charge in [-0.15, -0.1) is 0 Å². The van der Waals surface area contributed by atoms with Crippen LogP contribution in [0.3, 0.4) is 0 Å². The molecule has 1 aromatic rings. The maximum atomic E-state index is 12.4. The van der Waals surface area contributed by atoms with Gasteiger partial charge in [0.25, 0.3) is 10.0 Å². The number of likely N-dealkylation sites (N-methyl/N-ethyl adjacent to an activating group) is 1. The van der Waals surface area contributed by atoms with E-state index in [2.05, 4.69) is 4.74 Å². The van der Waals surface area contributed by atoms with E-state index in [9.17, 15) is 18.0 Å². The summed E-state index contributed by atoms with van der Waals surface area (Å²) in [5.41, 5.74) is 0.0324. The van der Waals surface area contributed by atoms with Crippen LogP contribution in [-0.4, -0.2) is 45.1 Å². The topological polar surface area (TPSA) is 99.2 Å². The van der Waals surface area contributed by atoms with Crippen LogP contribution in [0.2, 0.25) is 0 Å². The second-order valence-electron chi connectivity index (χ2n) is 4.79. The number of benzene rings is 1. The number of carbonyl (C=O) groups is 2. The van der Waals surface area contributed by atoms with E-state index in [0.29, 0.717) is 6.29 Å². The quantitative estimate of drug-likeness (QED) is 0.450. The van der Waals surface area contributed by atoms with E-state index in [1.54, 1.807) is 19.1 Å². The summed E-state index contributed by atoms with van der Waals surface area (Å²) in [5.74, 6) is 0.00900. The summed E-state index contributed by atoms with van der Waals surface area (Å²) in [4.78, 5) is 22.7. The Morgan fingerprint density at radius 1 is 1.33 bits per heavy atom. The normalized spacial score (nSPS) is 16.9. The van der Waals surface area contributed by atoms with E-state index in [1.807, 2.05) is 0 Å². The molecule has 0 aromatic heterocycles. The Labute approximate surface area is 139 Å². The van der Waals surface area contributed by atoms with E-state index in [0.717, 1.165) is 4.31 Å². The molecule has 0 aliphatic carbocycles. The summed E-state index contributed by atoms with van der Waals surface area (Å²) in [7, 11) is -2.61. The summed E-state index contributed by atoms with van der Waals surface area (Å²) in [5, 5.41) is 0. The lowest BCUT2D eigenvalue weighted by Crippen LogP contribution is -2.33. The number of rotatable bonds is 5. The molecule has 0 amide bonds. The average molecular weight is 355 g/mol. The molecular formula is C15H17NO7S. The Balaban J connectivity index is 2.42. The number of aldehydes is 1. The minimum absolute atomic E-state index is 0.00330. The van der Waals surface area contributed by atoms with Gasteiger partial charge >= 0.3 is 6.16 Å². The van der Waals surface area contributed by atoms with Gasteiger partial charge in [-0.1, -0.05) is 12.1 Å². The minimum atomic E-state index is -3.85. The first-order valence-corrected chi connectivity index (χ1v) is 8.54. The number of fused-ring (bicyclic) bond motifs is 1. The van der Waals surface area contributed by atoms with Crippen LogP contribution in [0.15, 0.2) is 34.9 Å². The molecule has 1 aromatic carbocycles. The van der Waals surface area contributed by atoms with Crippen molar-refractivity contribution in [1.82, 2.24) is 4.31 Å². The van der Waals surface area contributed by atoms with Crippen LogP contribution in [0.1, 0.15) is 19.4 Å². The fourth-order valence-corrected chi connectivity index (χ4v) is 3.54. The summed E-state index contributed by atoms with van der Waals surface area (Å²) >= 11 is 0. The third-order valence-electron chi connectivity index (χ3n) is 3.26. The van der Waals surface area contributed by atoms with Crippen molar-refractivity contribution in [3.8, 4) is 0 Å². The lowest BCUT2D eigenvalue weighted by Gasteiger charge is -2.29. The molecule has 0 radical (unpaired) electrons. The molecule has 2 rings (SSSR count). The third-order valence-corrected chi connectivity index (χ3v) is 5.09. The van der Waals surface area contributed by atoms with Gasteiger partial charge < -0.3 is 14.2 Å². The highest BCUT2D eigenvalue weighted by atomic mass is 32.2. The average Bonchev–Trinajstić information content (AvgIpc) is 2.53. The first kappa shape index (κ1) is 17.8. The van der Waals surface area contributed by atoms with Crippen LogP contribution in [-0.2, 0) is 29.0 Å². The van der Waals surface area contributed by atoms with E-state index < -0.39 is 22.5 Å². The van der Waals surface area contributed by atoms with Crippen molar-refractivity contribution < 1.29 is 32.2 Å². The van der Waals surface area contributed by atoms with Crippen molar-refractivity contribution in [3.63, 3.8) is 0 Å². The van der Waals surface area contributed by atoms with Crippen LogP contribution < -0.4 is 0 Å². The largest absolute Gasteiger partial charge is 0.511 e. The Kier molecular flexibility index (Phi) is 5.13. The van der Waals surface area contributed by atoms with E-state index in [-0.39, 0.29) is 28.5 Å². The molecule has 24 heavy (non-hydrogen) atoms. The fraction of sp³-hybridized carbons (Fsp3) is 0.333. The first-order chi connectivity index (χ1) is 11.3. The number of hydrogen-bond acceptors (Lipinski definition) is 7. The van der Waals surface area contributed by atoms with Gasteiger partial charge in [-0.05, 0) is 19.1 Å². The molecule has 1 aliphatic rings. The van der Waals surface area contributed by atoms with Crippen LogP contribution in [0.25, 0.3) is 5.76 Å². The highest BCUT2D eigenvalue weighted by Crippen LogP contribution is 2.36. The van der Waals surface area contributed by atoms with Gasteiger partial charge in [0.05, 0.1) is 11.5 Å². The zero-order chi connectivity index (χ0) is 17.9. The molecule has 0 spiro atoms. The fourth-order valence-electron chi connectivity index (χ4n) is 2.17. The molecule has 0 bridgehead atoms. The molecule has 0 saturated carbocycles. The van der Waals surface area contributed by atoms with Crippen LogP contribution in [0.4, 0.5) is 4.79 Å². The number of sulfonamides is 1. The van der Waals surface area contributed by atoms with Gasteiger partial charge in [-0.25, -0.2) is 13.2 Å². The van der Waals surface area contributed by atoms with Gasteiger partial charge in [0.1, 0.15) is 5.70 Å². The SMILES string of the molecule is CCOC(=O)O[C@H](C)OC1=C(C=O)N(C)S(=O)(=O)c2ccccc21. The van der Waals surface area contributed by atoms with E-state index in [4.69, 9.17) is 9.47 Å². The molecule has 1 heterocycles. The molecule has 1 atom stereocenters. The molecule has 0 N–H and O–H groups in total. The first-order valence-electron chi connectivity index (χ1n) is 7.10. The molecule has 0 unspecified atom stereocenters. The predicted molar refractivity (Wildman–Crippen MR) is 83.0 cm³/mol. The number of carbonyl (C=O) groups excluding carboxylic acids is 2. The Hall–Kier alpha value is -2.55. The third kappa shape index (κ3) is 3.21. The van der Waals surface area contributed by atoms with Crippen molar-refractivity contribution in [2.75, 3.05) is 13.7 Å². The number of hydrogen-bond donors (Lipinski definition) is 0. The molecule has 0 fully saturated rings. The molecular weight excluding hydrogens is 338 g/mol. The minimum Gasteiger partial charge on any atom is -0.452 e. The summed E-state index contributed by atoms with van der Waals surface area (Å²) in [6, 6.07) is 6.09. The van der Waals surface area contributed by atoms with Crippen molar-refractivity contribution in [1.29, 1.82) is 0 Å². The van der Waals surface area contributed by atoms with Crippen molar-refractivity contribution in [2.45, 2.75) is 25.0 Å². The van der Waals surface area contributed by atoms with Gasteiger partial charge in [0.2, 0.25) is 6.29 Å². The molecule has 0 saturated heterocycles. The molecule has 8 nitrogen and oxygen atoms in total. The standard InChI is InChI=1S/C15H17NO7S/c1-4-21-15(18)23-10(2)22-14-11-7-5-6-8-13(11)24(19,20)16(3)12(14)9-17/h5-10H,4H2,1-3H3/t10-/m1/s1. The Morgan fingerprint density at radius 2 is 2.00 bits per heavy atom. The summed E-state index contributed by atoms with van der Waals surface area (Å²) < 4.78 is 40.8. The zero-order valence-electron chi connectivity index (χ0n) is 13.4. The molecule has 130 valence electrons. The second kappa shape index (κ2) is 6.91. The monoisotopic (exact) mass is 355 g/mol. The van der Waals surface area contributed by atoms with E-state index >= 15 is 0 Å². The van der Waals surface area contributed by atoms with Crippen molar-refractivity contribution in [3.05, 3.63) is 35.5 Å². The highest BCUT2D eigenvalue weighted by molar-refractivity contribution is 7.89. The van der Waals surface area contributed by atoms with Gasteiger partial charge in [0, 0.05) is 19.5 Å². The maximum absolute atomic E-state index is 12.4. The van der Waals surface area contributed by atoms with Crippen molar-refractivity contribution in [2.24, 2.45) is 0 Å². The van der Waals surface area contributed by atoms with Crippen LogP contribution in [0, 0.1) is 0 Å². The molecule has 9 heteroatoms. The number of allylic oxidation sites excluding steroid dienone is 1. The molecule has 1 aliphatic heterocycles. The Bertz CT molecular complexity index is 785. The second-order valence-corrected chi connectivity index (χ2v) is 6.72. The van der Waals surface area contributed by atoms with Crippen LogP contribution in [0.5, 0.6) is 0 Å². The van der Waals surface area contributed by atoms with Gasteiger partial charge in [-0.3, -0.25) is 9.10 Å². The lowest BCUT2D eigenvalue weighted by atomic mass is 10.1. The summed E-state index contributed by atoms with van der Waals surface area (Å²) in [6.45, 7) is 3.19. The predicted octanol–water partition coefficient (Wildman–Crippen LogP) is 1.72. The zero-order valence-corrected chi connectivity index (χ0v) is 14.2. The van der Waals surface area contributed by atoms with Gasteiger partial charge in [0.15, 0.2) is 12.0 Å². The summed E-state index contributed by atoms with van der Waals surface area (Å²) in [6.07, 6.45) is -1.64. The number of nitrogens with zero attached hydrogens (tertiary/aromatic N) is 1. The highest BCUT2D eigenvalue weighted by Gasteiger charge is 2.36. The lowest BCUT2D eigenvalue weighted by molar-refractivity contribution is -0.106.